The highest BCUT2D eigenvalue weighted by molar-refractivity contribution is 9.10. The van der Waals surface area contributed by atoms with Crippen LogP contribution in [0.3, 0.4) is 0 Å². The Morgan fingerprint density at radius 2 is 1.77 bits per heavy atom. The average Bonchev–Trinajstić information content (AvgIpc) is 3.27. The van der Waals surface area contributed by atoms with Crippen LogP contribution in [0, 0.1) is 0 Å². The first-order valence-electron chi connectivity index (χ1n) is 8.31. The third-order valence-electron chi connectivity index (χ3n) is 4.02. The van der Waals surface area contributed by atoms with Crippen molar-refractivity contribution in [3.63, 3.8) is 0 Å². The molecule has 0 bridgehead atoms. The van der Waals surface area contributed by atoms with Crippen LogP contribution in [0.25, 0.3) is 11.3 Å². The van der Waals surface area contributed by atoms with E-state index in [0.29, 0.717) is 19.6 Å². The lowest BCUT2D eigenvalue weighted by molar-refractivity contribution is -0.131. The monoisotopic (exact) mass is 416 g/mol. The summed E-state index contributed by atoms with van der Waals surface area (Å²) in [4.78, 5) is 16.0. The van der Waals surface area contributed by atoms with Crippen molar-refractivity contribution >= 4 is 21.8 Å². The number of amides is 1. The molecular weight excluding hydrogens is 396 g/mol. The first kappa shape index (κ1) is 18.5. The topological polar surface area (TPSA) is 49.8 Å². The number of rotatable bonds is 7. The second kappa shape index (κ2) is 8.38. The molecule has 0 saturated carbocycles. The Kier molecular flexibility index (Phi) is 5.96. The first-order valence-corrected chi connectivity index (χ1v) is 9.10. The van der Waals surface area contributed by atoms with Crippen LogP contribution in [0.1, 0.15) is 11.5 Å². The standard InChI is InChI=1S/C20H21BrN2O3/c1-22(12-17-4-3-11-25-17)14-20(24)23(2)13-18-9-10-19(26-18)15-5-7-16(21)8-6-15/h3-11H,12-14H2,1-2H3. The fourth-order valence-electron chi connectivity index (χ4n) is 2.63. The van der Waals surface area contributed by atoms with Gasteiger partial charge in [-0.25, -0.2) is 0 Å². The summed E-state index contributed by atoms with van der Waals surface area (Å²) in [6.07, 6.45) is 1.64. The van der Waals surface area contributed by atoms with E-state index in [-0.39, 0.29) is 5.91 Å². The highest BCUT2D eigenvalue weighted by Crippen LogP contribution is 2.24. The molecule has 0 saturated heterocycles. The molecular formula is C20H21BrN2O3. The zero-order chi connectivity index (χ0) is 18.5. The molecule has 0 spiro atoms. The van der Waals surface area contributed by atoms with Crippen LogP contribution in [0.2, 0.25) is 0 Å². The smallest absolute Gasteiger partial charge is 0.236 e. The van der Waals surface area contributed by atoms with Gasteiger partial charge in [0, 0.05) is 17.1 Å². The van der Waals surface area contributed by atoms with E-state index >= 15 is 0 Å². The molecule has 136 valence electrons. The zero-order valence-electron chi connectivity index (χ0n) is 14.8. The van der Waals surface area contributed by atoms with Crippen molar-refractivity contribution in [2.75, 3.05) is 20.6 Å². The molecule has 0 N–H and O–H groups in total. The summed E-state index contributed by atoms with van der Waals surface area (Å²) < 4.78 is 12.2. The van der Waals surface area contributed by atoms with Crippen molar-refractivity contribution in [3.05, 3.63) is 70.8 Å². The Balaban J connectivity index is 1.54. The van der Waals surface area contributed by atoms with Gasteiger partial charge in [0.2, 0.25) is 5.91 Å². The van der Waals surface area contributed by atoms with Crippen LogP contribution in [0.5, 0.6) is 0 Å². The lowest BCUT2D eigenvalue weighted by atomic mass is 10.2. The second-order valence-electron chi connectivity index (χ2n) is 6.27. The molecule has 0 aliphatic carbocycles. The van der Waals surface area contributed by atoms with E-state index < -0.39 is 0 Å². The third kappa shape index (κ3) is 4.86. The average molecular weight is 417 g/mol. The Labute approximate surface area is 161 Å². The number of likely N-dealkylation sites (N-methyl/N-ethyl adjacent to an activating group) is 2. The molecule has 0 unspecified atom stereocenters. The highest BCUT2D eigenvalue weighted by atomic mass is 79.9. The van der Waals surface area contributed by atoms with Gasteiger partial charge in [0.05, 0.1) is 25.9 Å². The third-order valence-corrected chi connectivity index (χ3v) is 4.55. The molecule has 26 heavy (non-hydrogen) atoms. The number of benzene rings is 1. The fourth-order valence-corrected chi connectivity index (χ4v) is 2.89. The minimum Gasteiger partial charge on any atom is -0.468 e. The van der Waals surface area contributed by atoms with Crippen LogP contribution < -0.4 is 0 Å². The lowest BCUT2D eigenvalue weighted by Crippen LogP contribution is -2.35. The van der Waals surface area contributed by atoms with Gasteiger partial charge in [-0.05, 0) is 43.4 Å². The Hall–Kier alpha value is -2.31. The largest absolute Gasteiger partial charge is 0.468 e. The molecule has 2 aromatic heterocycles. The second-order valence-corrected chi connectivity index (χ2v) is 7.19. The molecule has 1 amide bonds. The van der Waals surface area contributed by atoms with Crippen LogP contribution in [0.4, 0.5) is 0 Å². The Morgan fingerprint density at radius 3 is 2.46 bits per heavy atom. The van der Waals surface area contributed by atoms with E-state index in [1.165, 1.54) is 0 Å². The molecule has 0 radical (unpaired) electrons. The predicted molar refractivity (Wildman–Crippen MR) is 103 cm³/mol. The maximum atomic E-state index is 12.4. The van der Waals surface area contributed by atoms with Gasteiger partial charge in [0.1, 0.15) is 17.3 Å². The molecule has 0 aliphatic heterocycles. The fraction of sp³-hybridized carbons (Fsp3) is 0.250. The number of nitrogens with zero attached hydrogens (tertiary/aromatic N) is 2. The van der Waals surface area contributed by atoms with E-state index in [2.05, 4.69) is 15.9 Å². The minimum atomic E-state index is 0.0284. The van der Waals surface area contributed by atoms with Gasteiger partial charge in [0.15, 0.2) is 0 Å². The summed E-state index contributed by atoms with van der Waals surface area (Å²) in [5, 5.41) is 0. The Bertz CT molecular complexity index is 840. The quantitative estimate of drug-likeness (QED) is 0.572. The molecule has 0 aliphatic rings. The molecule has 2 heterocycles. The molecule has 0 atom stereocenters. The number of hydrogen-bond donors (Lipinski definition) is 0. The first-order chi connectivity index (χ1) is 12.5. The van der Waals surface area contributed by atoms with Crippen LogP contribution >= 0.6 is 15.9 Å². The number of furan rings is 2. The van der Waals surface area contributed by atoms with Crippen molar-refractivity contribution in [1.29, 1.82) is 0 Å². The van der Waals surface area contributed by atoms with Crippen LogP contribution in [-0.4, -0.2) is 36.3 Å². The number of carbonyl (C=O) groups excluding carboxylic acids is 1. The summed E-state index contributed by atoms with van der Waals surface area (Å²) in [6, 6.07) is 15.5. The maximum Gasteiger partial charge on any atom is 0.236 e. The van der Waals surface area contributed by atoms with Crippen LogP contribution in [0.15, 0.2) is 68.1 Å². The van der Waals surface area contributed by atoms with E-state index in [9.17, 15) is 4.79 Å². The van der Waals surface area contributed by atoms with Gasteiger partial charge in [-0.2, -0.15) is 0 Å². The molecule has 1 aromatic carbocycles. The number of carbonyl (C=O) groups is 1. The van der Waals surface area contributed by atoms with Crippen molar-refractivity contribution < 1.29 is 13.6 Å². The predicted octanol–water partition coefficient (Wildman–Crippen LogP) is 4.39. The number of hydrogen-bond acceptors (Lipinski definition) is 4. The van der Waals surface area contributed by atoms with Gasteiger partial charge < -0.3 is 13.7 Å². The SMILES string of the molecule is CN(CC(=O)N(C)Cc1ccc(-c2ccc(Br)cc2)o1)Cc1ccco1. The van der Waals surface area contributed by atoms with Gasteiger partial charge in [-0.15, -0.1) is 0 Å². The molecule has 3 aromatic rings. The maximum absolute atomic E-state index is 12.4. The molecule has 6 heteroatoms. The van der Waals surface area contributed by atoms with Crippen LogP contribution in [-0.2, 0) is 17.9 Å². The summed E-state index contributed by atoms with van der Waals surface area (Å²) in [5.74, 6) is 2.42. The Morgan fingerprint density at radius 1 is 1.00 bits per heavy atom. The normalized spacial score (nSPS) is 11.1. The summed E-state index contributed by atoms with van der Waals surface area (Å²) >= 11 is 3.43. The van der Waals surface area contributed by atoms with Crippen molar-refractivity contribution in [2.45, 2.75) is 13.1 Å². The molecule has 3 rings (SSSR count). The van der Waals surface area contributed by atoms with E-state index in [1.54, 1.807) is 18.2 Å². The van der Waals surface area contributed by atoms with Crippen molar-refractivity contribution in [2.24, 2.45) is 0 Å². The van der Waals surface area contributed by atoms with Gasteiger partial charge >= 0.3 is 0 Å². The summed E-state index contributed by atoms with van der Waals surface area (Å²) in [6.45, 7) is 1.35. The van der Waals surface area contributed by atoms with Gasteiger partial charge in [-0.1, -0.05) is 28.1 Å². The molecule has 0 fully saturated rings. The van der Waals surface area contributed by atoms with E-state index in [4.69, 9.17) is 8.83 Å². The number of halogens is 1. The van der Waals surface area contributed by atoms with Gasteiger partial charge in [-0.3, -0.25) is 9.69 Å². The summed E-state index contributed by atoms with van der Waals surface area (Å²) in [7, 11) is 3.68. The highest BCUT2D eigenvalue weighted by Gasteiger charge is 2.15. The summed E-state index contributed by atoms with van der Waals surface area (Å²) in [5.41, 5.74) is 1.01. The van der Waals surface area contributed by atoms with Crippen molar-refractivity contribution in [1.82, 2.24) is 9.80 Å². The lowest BCUT2D eigenvalue weighted by Gasteiger charge is -2.20. The van der Waals surface area contributed by atoms with E-state index in [0.717, 1.165) is 27.3 Å². The minimum absolute atomic E-state index is 0.0284. The van der Waals surface area contributed by atoms with E-state index in [1.807, 2.05) is 60.5 Å². The zero-order valence-corrected chi connectivity index (χ0v) is 16.4. The van der Waals surface area contributed by atoms with Crippen molar-refractivity contribution in [3.8, 4) is 11.3 Å². The molecule has 5 nitrogen and oxygen atoms in total. The van der Waals surface area contributed by atoms with Gasteiger partial charge in [0.25, 0.3) is 0 Å².